The third-order valence-corrected chi connectivity index (χ3v) is 2.44. The van der Waals surface area contributed by atoms with Crippen molar-refractivity contribution >= 4 is 0 Å². The first kappa shape index (κ1) is 12.0. The lowest BCUT2D eigenvalue weighted by molar-refractivity contribution is 0.0387. The maximum absolute atomic E-state index is 13.3. The maximum atomic E-state index is 13.3. The molecule has 0 radical (unpaired) electrons. The molecule has 0 aliphatic carbocycles. The highest BCUT2D eigenvalue weighted by molar-refractivity contribution is 5.28. The highest BCUT2D eigenvalue weighted by Gasteiger charge is 2.39. The Morgan fingerprint density at radius 3 is 2.00 bits per heavy atom. The molecule has 0 spiro atoms. The first-order chi connectivity index (χ1) is 6.93. The number of hydrogen-bond acceptors (Lipinski definition) is 1. The van der Waals surface area contributed by atoms with E-state index in [1.807, 2.05) is 0 Å². The monoisotopic (exact) mass is 221 g/mol. The molecule has 0 amide bonds. The summed E-state index contributed by atoms with van der Waals surface area (Å²) in [7, 11) is 1.23. The van der Waals surface area contributed by atoms with Gasteiger partial charge >= 0.3 is 0 Å². The molecule has 1 N–H and O–H groups in total. The van der Waals surface area contributed by atoms with Crippen LogP contribution in [0.3, 0.4) is 0 Å². The highest BCUT2D eigenvalue weighted by Crippen LogP contribution is 2.31. The second kappa shape index (κ2) is 4.18. The summed E-state index contributed by atoms with van der Waals surface area (Å²) in [5, 5.41) is 2.25. The SMILES string of the molecule is CNC(C)(c1c(F)cccc1F)C(F)F. The van der Waals surface area contributed by atoms with Crippen LogP contribution in [-0.2, 0) is 5.54 Å². The molecule has 1 rings (SSSR count). The van der Waals surface area contributed by atoms with Gasteiger partial charge in [0.1, 0.15) is 17.2 Å². The third-order valence-electron chi connectivity index (χ3n) is 2.44. The van der Waals surface area contributed by atoms with E-state index in [1.54, 1.807) is 0 Å². The van der Waals surface area contributed by atoms with Crippen LogP contribution in [0.4, 0.5) is 17.6 Å². The fourth-order valence-corrected chi connectivity index (χ4v) is 1.34. The Hall–Kier alpha value is -1.10. The minimum absolute atomic E-state index is 0.637. The van der Waals surface area contributed by atoms with Gasteiger partial charge < -0.3 is 5.32 Å². The average Bonchev–Trinajstić information content (AvgIpc) is 2.16. The summed E-state index contributed by atoms with van der Waals surface area (Å²) in [5.41, 5.74) is -2.66. The molecule has 5 heteroatoms. The third kappa shape index (κ3) is 1.97. The van der Waals surface area contributed by atoms with Crippen molar-refractivity contribution in [3.63, 3.8) is 0 Å². The lowest BCUT2D eigenvalue weighted by Crippen LogP contribution is -2.45. The van der Waals surface area contributed by atoms with Gasteiger partial charge in [0.15, 0.2) is 0 Å². The van der Waals surface area contributed by atoms with Crippen molar-refractivity contribution in [2.24, 2.45) is 0 Å². The Kier molecular flexibility index (Phi) is 3.34. The van der Waals surface area contributed by atoms with Crippen LogP contribution in [0, 0.1) is 11.6 Å². The van der Waals surface area contributed by atoms with Crippen LogP contribution in [0.2, 0.25) is 0 Å². The van der Waals surface area contributed by atoms with E-state index >= 15 is 0 Å². The van der Waals surface area contributed by atoms with Crippen molar-refractivity contribution < 1.29 is 17.6 Å². The summed E-state index contributed by atoms with van der Waals surface area (Å²) in [5.74, 6) is -1.96. The largest absolute Gasteiger partial charge is 0.306 e. The van der Waals surface area contributed by atoms with Gasteiger partial charge in [-0.15, -0.1) is 0 Å². The van der Waals surface area contributed by atoms with Gasteiger partial charge in [-0.05, 0) is 26.1 Å². The second-order valence-electron chi connectivity index (χ2n) is 3.35. The van der Waals surface area contributed by atoms with E-state index in [9.17, 15) is 17.6 Å². The van der Waals surface area contributed by atoms with Crippen LogP contribution in [-0.4, -0.2) is 13.5 Å². The summed E-state index contributed by atoms with van der Waals surface area (Å²) in [4.78, 5) is 0. The quantitative estimate of drug-likeness (QED) is 0.774. The molecule has 0 bridgehead atoms. The Morgan fingerprint density at radius 1 is 1.20 bits per heavy atom. The number of rotatable bonds is 3. The predicted octanol–water partition coefficient (Wildman–Crippen LogP) is 2.66. The van der Waals surface area contributed by atoms with E-state index < -0.39 is 29.2 Å². The van der Waals surface area contributed by atoms with Gasteiger partial charge in [-0.1, -0.05) is 6.07 Å². The zero-order chi connectivity index (χ0) is 11.6. The predicted molar refractivity (Wildman–Crippen MR) is 48.8 cm³/mol. The molecule has 84 valence electrons. The smallest absolute Gasteiger partial charge is 0.260 e. The molecule has 0 saturated heterocycles. The fraction of sp³-hybridized carbons (Fsp3) is 0.400. The van der Waals surface area contributed by atoms with Crippen molar-refractivity contribution in [1.29, 1.82) is 0 Å². The summed E-state index contributed by atoms with van der Waals surface area (Å²) >= 11 is 0. The Labute approximate surface area is 85.1 Å². The molecule has 15 heavy (non-hydrogen) atoms. The van der Waals surface area contributed by atoms with Crippen molar-refractivity contribution in [3.05, 3.63) is 35.4 Å². The lowest BCUT2D eigenvalue weighted by Gasteiger charge is -2.29. The molecule has 0 aliphatic rings. The maximum Gasteiger partial charge on any atom is 0.260 e. The minimum Gasteiger partial charge on any atom is -0.306 e. The molecule has 0 saturated carbocycles. The highest BCUT2D eigenvalue weighted by atomic mass is 19.3. The Bertz CT molecular complexity index is 333. The Morgan fingerprint density at radius 2 is 1.67 bits per heavy atom. The molecule has 0 fully saturated rings. The molecule has 0 aromatic heterocycles. The standard InChI is InChI=1S/C10H11F4N/c1-10(15-2,9(13)14)8-6(11)4-3-5-7(8)12/h3-5,9,15H,1-2H3. The van der Waals surface area contributed by atoms with Gasteiger partial charge in [0.2, 0.25) is 0 Å². The second-order valence-corrected chi connectivity index (χ2v) is 3.35. The van der Waals surface area contributed by atoms with Crippen LogP contribution >= 0.6 is 0 Å². The normalized spacial score (nSPS) is 15.4. The average molecular weight is 221 g/mol. The zero-order valence-electron chi connectivity index (χ0n) is 8.32. The number of alkyl halides is 2. The molecular weight excluding hydrogens is 210 g/mol. The zero-order valence-corrected chi connectivity index (χ0v) is 8.32. The van der Waals surface area contributed by atoms with Crippen molar-refractivity contribution in [3.8, 4) is 0 Å². The topological polar surface area (TPSA) is 12.0 Å². The minimum atomic E-state index is -2.91. The van der Waals surface area contributed by atoms with Crippen LogP contribution in [0.5, 0.6) is 0 Å². The van der Waals surface area contributed by atoms with Gasteiger partial charge in [-0.2, -0.15) is 0 Å². The van der Waals surface area contributed by atoms with Crippen LogP contribution in [0.25, 0.3) is 0 Å². The molecule has 0 heterocycles. The van der Waals surface area contributed by atoms with Gasteiger partial charge in [-0.3, -0.25) is 0 Å². The van der Waals surface area contributed by atoms with Crippen LogP contribution in [0.1, 0.15) is 12.5 Å². The van der Waals surface area contributed by atoms with Crippen molar-refractivity contribution in [2.45, 2.75) is 18.9 Å². The van der Waals surface area contributed by atoms with E-state index in [4.69, 9.17) is 0 Å². The lowest BCUT2D eigenvalue weighted by atomic mass is 9.91. The van der Waals surface area contributed by atoms with E-state index in [0.717, 1.165) is 25.1 Å². The van der Waals surface area contributed by atoms with Gasteiger partial charge in [0.25, 0.3) is 6.43 Å². The van der Waals surface area contributed by atoms with Crippen LogP contribution < -0.4 is 5.32 Å². The van der Waals surface area contributed by atoms with Crippen molar-refractivity contribution in [1.82, 2.24) is 5.32 Å². The number of benzene rings is 1. The van der Waals surface area contributed by atoms with Crippen molar-refractivity contribution in [2.75, 3.05) is 7.05 Å². The summed E-state index contributed by atoms with van der Waals surface area (Å²) in [6.07, 6.45) is -2.91. The Balaban J connectivity index is 3.35. The molecule has 1 aromatic carbocycles. The summed E-state index contributed by atoms with van der Waals surface area (Å²) in [6, 6.07) is 3.04. The molecule has 0 aliphatic heterocycles. The van der Waals surface area contributed by atoms with E-state index in [-0.39, 0.29) is 0 Å². The fourth-order valence-electron chi connectivity index (χ4n) is 1.34. The molecule has 1 atom stereocenters. The van der Waals surface area contributed by atoms with E-state index in [2.05, 4.69) is 5.32 Å². The van der Waals surface area contributed by atoms with Crippen LogP contribution in [0.15, 0.2) is 18.2 Å². The molecule has 1 aromatic rings. The molecule has 1 unspecified atom stereocenters. The number of halogens is 4. The van der Waals surface area contributed by atoms with Gasteiger partial charge in [0, 0.05) is 5.56 Å². The number of hydrogen-bond donors (Lipinski definition) is 1. The molecule has 1 nitrogen and oxygen atoms in total. The van der Waals surface area contributed by atoms with Gasteiger partial charge in [0.05, 0.1) is 0 Å². The molecular formula is C10H11F4N. The summed E-state index contributed by atoms with van der Waals surface area (Å²) in [6.45, 7) is 1.05. The number of nitrogens with one attached hydrogen (secondary N) is 1. The van der Waals surface area contributed by atoms with E-state index in [0.29, 0.717) is 0 Å². The van der Waals surface area contributed by atoms with Gasteiger partial charge in [-0.25, -0.2) is 17.6 Å². The first-order valence-corrected chi connectivity index (χ1v) is 4.35. The summed E-state index contributed by atoms with van der Waals surface area (Å²) < 4.78 is 52.0. The first-order valence-electron chi connectivity index (χ1n) is 4.35. The van der Waals surface area contributed by atoms with E-state index in [1.165, 1.54) is 7.05 Å².